The van der Waals surface area contributed by atoms with E-state index in [-0.39, 0.29) is 0 Å². The van der Waals surface area contributed by atoms with Gasteiger partial charge in [0.25, 0.3) is 0 Å². The number of aryl methyl sites for hydroxylation is 2. The summed E-state index contributed by atoms with van der Waals surface area (Å²) in [6.07, 6.45) is 1.03. The number of nitrogens with zero attached hydrogens (tertiary/aromatic N) is 4. The van der Waals surface area contributed by atoms with E-state index in [4.69, 9.17) is 38.0 Å². The van der Waals surface area contributed by atoms with Gasteiger partial charge in [-0.25, -0.2) is 0 Å². The van der Waals surface area contributed by atoms with E-state index in [0.717, 1.165) is 61.1 Å². The van der Waals surface area contributed by atoms with Crippen molar-refractivity contribution in [3.63, 3.8) is 0 Å². The quantitative estimate of drug-likeness (QED) is 0.605. The number of ether oxygens (including phenoxy) is 3. The lowest BCUT2D eigenvalue weighted by Crippen LogP contribution is -2.41. The fourth-order valence-corrected chi connectivity index (χ4v) is 4.43. The molecule has 2 heterocycles. The van der Waals surface area contributed by atoms with Crippen molar-refractivity contribution < 1.29 is 14.2 Å². The van der Waals surface area contributed by atoms with Crippen LogP contribution in [0, 0.1) is 6.92 Å². The van der Waals surface area contributed by atoms with Crippen LogP contribution < -0.4 is 19.5 Å². The number of benzene rings is 1. The molecule has 1 fully saturated rings. The minimum absolute atomic E-state index is 0.570. The second kappa shape index (κ2) is 11.1. The fraction of sp³-hybridized carbons (Fsp3) is 0.545. The molecule has 0 saturated carbocycles. The number of hydrogen-bond acceptors (Lipinski definition) is 6. The highest BCUT2D eigenvalue weighted by atomic mass is 35.5. The molecule has 1 aromatic carbocycles. The van der Waals surface area contributed by atoms with Crippen molar-refractivity contribution in [3.05, 3.63) is 34.1 Å². The minimum atomic E-state index is 0.570. The molecule has 0 aliphatic carbocycles. The first-order valence-electron chi connectivity index (χ1n) is 10.6. The van der Waals surface area contributed by atoms with E-state index in [2.05, 4.69) is 20.2 Å². The molecule has 32 heavy (non-hydrogen) atoms. The zero-order valence-electron chi connectivity index (χ0n) is 19.4. The van der Waals surface area contributed by atoms with Gasteiger partial charge in [0, 0.05) is 51.9 Å². The smallest absolute Gasteiger partial charge is 0.203 e. The van der Waals surface area contributed by atoms with Gasteiger partial charge < -0.3 is 24.4 Å². The van der Waals surface area contributed by atoms with E-state index in [0.29, 0.717) is 28.9 Å². The first kappa shape index (κ1) is 24.4. The molecule has 176 valence electrons. The Balaban J connectivity index is 1.57. The summed E-state index contributed by atoms with van der Waals surface area (Å²) in [5.74, 6) is 1.84. The highest BCUT2D eigenvalue weighted by Gasteiger charge is 2.20. The van der Waals surface area contributed by atoms with Gasteiger partial charge in [0.1, 0.15) is 5.15 Å². The predicted octanol–water partition coefficient (Wildman–Crippen LogP) is 2.99. The van der Waals surface area contributed by atoms with Crippen molar-refractivity contribution in [1.82, 2.24) is 24.9 Å². The number of methoxy groups -OCH3 is 3. The van der Waals surface area contributed by atoms with Crippen LogP contribution >= 0.6 is 23.8 Å². The summed E-state index contributed by atoms with van der Waals surface area (Å²) < 4.78 is 18.0. The molecule has 2 aromatic rings. The Labute approximate surface area is 200 Å². The first-order chi connectivity index (χ1) is 15.4. The third-order valence-corrected chi connectivity index (χ3v) is 6.57. The van der Waals surface area contributed by atoms with Crippen molar-refractivity contribution in [2.75, 3.05) is 47.5 Å². The molecule has 0 radical (unpaired) electrons. The molecule has 1 saturated heterocycles. The molecular formula is C22H32ClN5O3S. The van der Waals surface area contributed by atoms with E-state index < -0.39 is 0 Å². The molecule has 0 amide bonds. The van der Waals surface area contributed by atoms with Crippen LogP contribution in [-0.2, 0) is 20.1 Å². The van der Waals surface area contributed by atoms with Gasteiger partial charge in [0.05, 0.1) is 27.0 Å². The maximum absolute atomic E-state index is 6.42. The number of halogens is 1. The monoisotopic (exact) mass is 481 g/mol. The molecule has 1 aromatic heterocycles. The Kier molecular flexibility index (Phi) is 8.44. The SMILES string of the molecule is COc1cc(CNC(=S)N2CCCN(Cc3c(C)nn(C)c3Cl)CC2)cc(OC)c1OC. The van der Waals surface area contributed by atoms with Gasteiger partial charge in [-0.3, -0.25) is 9.58 Å². The van der Waals surface area contributed by atoms with Crippen molar-refractivity contribution >= 4 is 28.9 Å². The van der Waals surface area contributed by atoms with Crippen molar-refractivity contribution in [2.45, 2.75) is 26.4 Å². The van der Waals surface area contributed by atoms with E-state index in [9.17, 15) is 0 Å². The van der Waals surface area contributed by atoms with E-state index in [1.54, 1.807) is 26.0 Å². The average Bonchev–Trinajstić information content (AvgIpc) is 2.95. The summed E-state index contributed by atoms with van der Waals surface area (Å²) in [6.45, 7) is 7.06. The Bertz CT molecular complexity index is 927. The molecule has 1 aliphatic heterocycles. The molecular weight excluding hydrogens is 450 g/mol. The highest BCUT2D eigenvalue weighted by molar-refractivity contribution is 7.80. The minimum Gasteiger partial charge on any atom is -0.493 e. The summed E-state index contributed by atoms with van der Waals surface area (Å²) in [6, 6.07) is 3.86. The molecule has 8 nitrogen and oxygen atoms in total. The molecule has 1 N–H and O–H groups in total. The molecule has 3 rings (SSSR count). The number of aromatic nitrogens is 2. The maximum Gasteiger partial charge on any atom is 0.203 e. The van der Waals surface area contributed by atoms with Crippen LogP contribution in [0.4, 0.5) is 0 Å². The van der Waals surface area contributed by atoms with Crippen LogP contribution in [0.25, 0.3) is 0 Å². The first-order valence-corrected chi connectivity index (χ1v) is 11.4. The van der Waals surface area contributed by atoms with Crippen LogP contribution in [0.2, 0.25) is 5.15 Å². The third-order valence-electron chi connectivity index (χ3n) is 5.70. The summed E-state index contributed by atoms with van der Waals surface area (Å²) in [5, 5.41) is 9.26. The maximum atomic E-state index is 6.42. The molecule has 0 atom stereocenters. The van der Waals surface area contributed by atoms with Gasteiger partial charge in [-0.2, -0.15) is 5.10 Å². The van der Waals surface area contributed by atoms with E-state index in [1.807, 2.05) is 26.1 Å². The predicted molar refractivity (Wildman–Crippen MR) is 130 cm³/mol. The molecule has 10 heteroatoms. The summed E-state index contributed by atoms with van der Waals surface area (Å²) in [4.78, 5) is 4.64. The number of thiocarbonyl (C=S) groups is 1. The summed E-state index contributed by atoms with van der Waals surface area (Å²) in [5.41, 5.74) is 3.09. The standard InChI is InChI=1S/C22H32ClN5O3S/c1-15-17(21(23)26(2)25-15)14-27-7-6-8-28(10-9-27)22(32)24-13-16-11-18(29-3)20(31-5)19(12-16)30-4/h11-12H,6-10,13-14H2,1-5H3,(H,24,32). The lowest BCUT2D eigenvalue weighted by atomic mass is 10.2. The zero-order chi connectivity index (χ0) is 23.3. The van der Waals surface area contributed by atoms with Crippen LogP contribution in [0.3, 0.4) is 0 Å². The van der Waals surface area contributed by atoms with Gasteiger partial charge in [-0.1, -0.05) is 11.6 Å². The van der Waals surface area contributed by atoms with Gasteiger partial charge in [-0.05, 0) is 43.3 Å². The van der Waals surface area contributed by atoms with Crippen molar-refractivity contribution in [2.24, 2.45) is 7.05 Å². The molecule has 1 aliphatic rings. The second-order valence-corrected chi connectivity index (χ2v) is 8.53. The fourth-order valence-electron chi connectivity index (χ4n) is 3.94. The van der Waals surface area contributed by atoms with E-state index in [1.165, 1.54) is 0 Å². The topological polar surface area (TPSA) is 64.0 Å². The summed E-state index contributed by atoms with van der Waals surface area (Å²) in [7, 11) is 6.70. The second-order valence-electron chi connectivity index (χ2n) is 7.79. The van der Waals surface area contributed by atoms with E-state index >= 15 is 0 Å². The van der Waals surface area contributed by atoms with Crippen LogP contribution in [-0.4, -0.2) is 72.2 Å². The highest BCUT2D eigenvalue weighted by Crippen LogP contribution is 2.38. The molecule has 0 bridgehead atoms. The molecule has 0 unspecified atom stereocenters. The third kappa shape index (κ3) is 5.57. The van der Waals surface area contributed by atoms with Crippen LogP contribution in [0.15, 0.2) is 12.1 Å². The van der Waals surface area contributed by atoms with Crippen LogP contribution in [0.5, 0.6) is 17.2 Å². The Morgan fingerprint density at radius 1 is 1.09 bits per heavy atom. The van der Waals surface area contributed by atoms with Gasteiger partial charge in [0.2, 0.25) is 5.75 Å². The largest absolute Gasteiger partial charge is 0.493 e. The average molecular weight is 482 g/mol. The van der Waals surface area contributed by atoms with Gasteiger partial charge in [-0.15, -0.1) is 0 Å². The Morgan fingerprint density at radius 2 is 1.78 bits per heavy atom. The van der Waals surface area contributed by atoms with Gasteiger partial charge >= 0.3 is 0 Å². The van der Waals surface area contributed by atoms with Crippen LogP contribution in [0.1, 0.15) is 23.2 Å². The van der Waals surface area contributed by atoms with Crippen molar-refractivity contribution in [1.29, 1.82) is 0 Å². The van der Waals surface area contributed by atoms with Gasteiger partial charge in [0.15, 0.2) is 16.6 Å². The van der Waals surface area contributed by atoms with Crippen molar-refractivity contribution in [3.8, 4) is 17.2 Å². The Hall–Kier alpha value is -2.23. The number of rotatable bonds is 7. The zero-order valence-corrected chi connectivity index (χ0v) is 21.0. The molecule has 0 spiro atoms. The normalized spacial score (nSPS) is 14.8. The lowest BCUT2D eigenvalue weighted by molar-refractivity contribution is 0.277. The lowest BCUT2D eigenvalue weighted by Gasteiger charge is -2.25. The Morgan fingerprint density at radius 3 is 2.34 bits per heavy atom. The number of hydrogen-bond donors (Lipinski definition) is 1. The summed E-state index contributed by atoms with van der Waals surface area (Å²) >= 11 is 12.1. The number of nitrogens with one attached hydrogen (secondary N) is 1.